The lowest BCUT2D eigenvalue weighted by Crippen LogP contribution is -2.55. The van der Waals surface area contributed by atoms with Gasteiger partial charge < -0.3 is 10.2 Å². The normalized spacial score (nSPS) is 16.0. The van der Waals surface area contributed by atoms with E-state index in [0.29, 0.717) is 38.4 Å². The number of nitrogens with one attached hydrogen (secondary N) is 2. The topological polar surface area (TPSA) is 88.5 Å². The Morgan fingerprint density at radius 1 is 1.32 bits per heavy atom. The summed E-state index contributed by atoms with van der Waals surface area (Å²) in [5.74, 6) is -0.779. The van der Waals surface area contributed by atoms with Crippen molar-refractivity contribution in [2.45, 2.75) is 19.9 Å². The lowest BCUT2D eigenvalue weighted by Gasteiger charge is -2.38. The number of hydrogen-bond donors (Lipinski definition) is 2. The minimum absolute atomic E-state index is 0.288. The first-order valence-corrected chi connectivity index (χ1v) is 8.23. The molecule has 0 aliphatic carbocycles. The lowest BCUT2D eigenvalue weighted by molar-refractivity contribution is -0.124. The predicted octanol–water partition coefficient (Wildman–Crippen LogP) is 1.05. The minimum Gasteiger partial charge on any atom is -0.367 e. The van der Waals surface area contributed by atoms with Crippen LogP contribution in [-0.2, 0) is 4.79 Å². The zero-order valence-corrected chi connectivity index (χ0v) is 14.4. The van der Waals surface area contributed by atoms with Gasteiger partial charge in [0.15, 0.2) is 0 Å². The molecule has 0 spiro atoms. The molecule has 0 aromatic heterocycles. The number of carbonyl (C=O) groups excluding carboxylic acids is 2. The largest absolute Gasteiger partial charge is 0.367 e. The van der Waals surface area contributed by atoms with Crippen LogP contribution in [0, 0.1) is 17.1 Å². The second-order valence-corrected chi connectivity index (χ2v) is 5.83. The highest BCUT2D eigenvalue weighted by Crippen LogP contribution is 2.22. The number of rotatable bonds is 4. The number of imide groups is 1. The number of nitriles is 1. The standard InChI is InChI=1S/C17H22FN5O2/c1-3-20-17(25)21-16(24)12(2)22-6-8-23(9-7-22)15-5-4-13(11-19)10-14(15)18/h4-5,10,12H,3,6-9H2,1-2H3,(H2,20,21,24,25)/t12-/m0/s1. The highest BCUT2D eigenvalue weighted by Gasteiger charge is 2.27. The fraction of sp³-hybridized carbons (Fsp3) is 0.471. The molecule has 0 saturated carbocycles. The highest BCUT2D eigenvalue weighted by atomic mass is 19.1. The fourth-order valence-electron chi connectivity index (χ4n) is 2.77. The molecule has 0 unspecified atom stereocenters. The molecule has 1 heterocycles. The number of hydrogen-bond acceptors (Lipinski definition) is 5. The molecule has 1 aromatic rings. The third-order valence-corrected chi connectivity index (χ3v) is 4.23. The number of nitrogens with zero attached hydrogens (tertiary/aromatic N) is 3. The smallest absolute Gasteiger partial charge is 0.321 e. The van der Waals surface area contributed by atoms with Gasteiger partial charge in [0.05, 0.1) is 23.4 Å². The molecular formula is C17H22FN5O2. The van der Waals surface area contributed by atoms with Gasteiger partial charge in [-0.15, -0.1) is 0 Å². The number of benzene rings is 1. The number of amides is 3. The van der Waals surface area contributed by atoms with Crippen LogP contribution in [0.2, 0.25) is 0 Å². The Labute approximate surface area is 146 Å². The van der Waals surface area contributed by atoms with Gasteiger partial charge in [0, 0.05) is 32.7 Å². The molecule has 25 heavy (non-hydrogen) atoms. The van der Waals surface area contributed by atoms with E-state index >= 15 is 0 Å². The van der Waals surface area contributed by atoms with Crippen LogP contribution >= 0.6 is 0 Å². The van der Waals surface area contributed by atoms with Crippen molar-refractivity contribution < 1.29 is 14.0 Å². The Bertz CT molecular complexity index is 680. The summed E-state index contributed by atoms with van der Waals surface area (Å²) in [7, 11) is 0. The summed E-state index contributed by atoms with van der Waals surface area (Å²) in [6, 6.07) is 5.39. The minimum atomic E-state index is -0.502. The zero-order valence-electron chi connectivity index (χ0n) is 14.4. The third-order valence-electron chi connectivity index (χ3n) is 4.23. The molecule has 1 atom stereocenters. The van der Waals surface area contributed by atoms with Crippen molar-refractivity contribution in [2.75, 3.05) is 37.6 Å². The summed E-state index contributed by atoms with van der Waals surface area (Å²) in [5, 5.41) is 13.6. The van der Waals surface area contributed by atoms with E-state index in [9.17, 15) is 14.0 Å². The van der Waals surface area contributed by atoms with E-state index in [1.54, 1.807) is 26.0 Å². The summed E-state index contributed by atoms with van der Waals surface area (Å²) in [6.45, 7) is 6.22. The van der Waals surface area contributed by atoms with E-state index in [2.05, 4.69) is 10.6 Å². The lowest BCUT2D eigenvalue weighted by atomic mass is 10.1. The molecule has 134 valence electrons. The number of piperazine rings is 1. The molecule has 1 aromatic carbocycles. The summed E-state index contributed by atoms with van der Waals surface area (Å²) in [5.41, 5.74) is 0.744. The van der Waals surface area contributed by atoms with Crippen molar-refractivity contribution in [3.8, 4) is 6.07 Å². The van der Waals surface area contributed by atoms with E-state index in [0.717, 1.165) is 0 Å². The van der Waals surface area contributed by atoms with Crippen LogP contribution in [0.4, 0.5) is 14.9 Å². The molecule has 0 radical (unpaired) electrons. The second kappa shape index (κ2) is 8.44. The summed E-state index contributed by atoms with van der Waals surface area (Å²) >= 11 is 0. The molecule has 8 heteroatoms. The van der Waals surface area contributed by atoms with Crippen molar-refractivity contribution in [1.82, 2.24) is 15.5 Å². The molecule has 1 fully saturated rings. The van der Waals surface area contributed by atoms with E-state index in [1.807, 2.05) is 15.9 Å². The first-order valence-electron chi connectivity index (χ1n) is 8.23. The summed E-state index contributed by atoms with van der Waals surface area (Å²) in [4.78, 5) is 27.4. The van der Waals surface area contributed by atoms with Crippen molar-refractivity contribution in [3.63, 3.8) is 0 Å². The maximum Gasteiger partial charge on any atom is 0.321 e. The van der Waals surface area contributed by atoms with Crippen LogP contribution in [0.25, 0.3) is 0 Å². The van der Waals surface area contributed by atoms with Gasteiger partial charge in [0.2, 0.25) is 5.91 Å². The predicted molar refractivity (Wildman–Crippen MR) is 91.6 cm³/mol. The number of urea groups is 1. The van der Waals surface area contributed by atoms with Crippen molar-refractivity contribution >= 4 is 17.6 Å². The van der Waals surface area contributed by atoms with Gasteiger partial charge in [0.1, 0.15) is 5.82 Å². The molecule has 0 bridgehead atoms. The Balaban J connectivity index is 1.92. The average molecular weight is 347 g/mol. The van der Waals surface area contributed by atoms with Crippen LogP contribution in [0.3, 0.4) is 0 Å². The van der Waals surface area contributed by atoms with Gasteiger partial charge in [-0.1, -0.05) is 0 Å². The zero-order chi connectivity index (χ0) is 18.4. The number of carbonyl (C=O) groups is 2. The fourth-order valence-corrected chi connectivity index (χ4v) is 2.77. The van der Waals surface area contributed by atoms with Crippen LogP contribution in [0.5, 0.6) is 0 Å². The van der Waals surface area contributed by atoms with Crippen molar-refractivity contribution in [1.29, 1.82) is 5.26 Å². The second-order valence-electron chi connectivity index (χ2n) is 5.83. The highest BCUT2D eigenvalue weighted by molar-refractivity contribution is 5.96. The maximum absolute atomic E-state index is 14.1. The Kier molecular flexibility index (Phi) is 6.31. The van der Waals surface area contributed by atoms with Gasteiger partial charge in [0.25, 0.3) is 0 Å². The van der Waals surface area contributed by atoms with Crippen molar-refractivity contribution in [3.05, 3.63) is 29.6 Å². The molecule has 7 nitrogen and oxygen atoms in total. The van der Waals surface area contributed by atoms with Crippen molar-refractivity contribution in [2.24, 2.45) is 0 Å². The third kappa shape index (κ3) is 4.67. The first-order chi connectivity index (χ1) is 12.0. The van der Waals surface area contributed by atoms with E-state index in [4.69, 9.17) is 5.26 Å². The van der Waals surface area contributed by atoms with E-state index in [1.165, 1.54) is 6.07 Å². The Hall–Kier alpha value is -2.66. The quantitative estimate of drug-likeness (QED) is 0.850. The molecule has 2 N–H and O–H groups in total. The van der Waals surface area contributed by atoms with Crippen LogP contribution < -0.4 is 15.5 Å². The average Bonchev–Trinajstić information content (AvgIpc) is 2.61. The maximum atomic E-state index is 14.1. The van der Waals surface area contributed by atoms with Gasteiger partial charge in [-0.25, -0.2) is 9.18 Å². The van der Waals surface area contributed by atoms with Gasteiger partial charge in [-0.05, 0) is 32.0 Å². The Morgan fingerprint density at radius 2 is 2.00 bits per heavy atom. The van der Waals surface area contributed by atoms with Crippen LogP contribution in [0.1, 0.15) is 19.4 Å². The summed E-state index contributed by atoms with van der Waals surface area (Å²) in [6.07, 6.45) is 0. The van der Waals surface area contributed by atoms with Crippen LogP contribution in [0.15, 0.2) is 18.2 Å². The molecule has 2 rings (SSSR count). The molecule has 1 aliphatic heterocycles. The molecular weight excluding hydrogens is 325 g/mol. The molecule has 3 amide bonds. The molecule has 1 saturated heterocycles. The van der Waals surface area contributed by atoms with Gasteiger partial charge in [-0.3, -0.25) is 15.0 Å². The molecule has 1 aliphatic rings. The van der Waals surface area contributed by atoms with Gasteiger partial charge in [-0.2, -0.15) is 5.26 Å². The SMILES string of the molecule is CCNC(=O)NC(=O)[C@H](C)N1CCN(c2ccc(C#N)cc2F)CC1. The van der Waals surface area contributed by atoms with E-state index in [-0.39, 0.29) is 11.5 Å². The first kappa shape index (κ1) is 18.7. The monoisotopic (exact) mass is 347 g/mol. The Morgan fingerprint density at radius 3 is 2.56 bits per heavy atom. The summed E-state index contributed by atoms with van der Waals surface area (Å²) < 4.78 is 14.1. The van der Waals surface area contributed by atoms with Crippen LogP contribution in [-0.4, -0.2) is 55.6 Å². The van der Waals surface area contributed by atoms with E-state index < -0.39 is 17.9 Å². The number of anilines is 1. The number of halogens is 1. The van der Waals surface area contributed by atoms with Gasteiger partial charge >= 0.3 is 6.03 Å².